The normalized spacial score (nSPS) is 16.9. The first-order chi connectivity index (χ1) is 7.41. The van der Waals surface area contributed by atoms with Gasteiger partial charge in [0.15, 0.2) is 0 Å². The number of carboxylic acids is 1. The van der Waals surface area contributed by atoms with Crippen LogP contribution in [0.15, 0.2) is 12.1 Å². The van der Waals surface area contributed by atoms with Gasteiger partial charge in [-0.3, -0.25) is 0 Å². The van der Waals surface area contributed by atoms with E-state index in [2.05, 4.69) is 12.2 Å². The number of hydrogen-bond acceptors (Lipinski definition) is 3. The number of nitrogens with one attached hydrogen (secondary N) is 1. The van der Waals surface area contributed by atoms with Gasteiger partial charge in [0.2, 0.25) is 0 Å². The van der Waals surface area contributed by atoms with Crippen molar-refractivity contribution < 1.29 is 9.90 Å². The third-order valence-electron chi connectivity index (χ3n) is 3.06. The lowest BCUT2D eigenvalue weighted by atomic mass is 10.1. The molecule has 16 heavy (non-hydrogen) atoms. The molecule has 4 N–H and O–H groups in total. The van der Waals surface area contributed by atoms with Crippen LogP contribution in [0.2, 0.25) is 0 Å². The van der Waals surface area contributed by atoms with Crippen molar-refractivity contribution in [1.29, 1.82) is 0 Å². The van der Waals surface area contributed by atoms with Crippen molar-refractivity contribution in [3.8, 4) is 0 Å². The lowest BCUT2D eigenvalue weighted by Gasteiger charge is -2.15. The summed E-state index contributed by atoms with van der Waals surface area (Å²) in [6, 6.07) is 3.50. The summed E-state index contributed by atoms with van der Waals surface area (Å²) in [6.45, 7) is 3.95. The zero-order chi connectivity index (χ0) is 11.9. The van der Waals surface area contributed by atoms with Crippen LogP contribution >= 0.6 is 0 Å². The molecule has 0 aromatic heterocycles. The average Bonchev–Trinajstić information content (AvgIpc) is 2.89. The van der Waals surface area contributed by atoms with Gasteiger partial charge in [0.25, 0.3) is 0 Å². The molecule has 0 atom stereocenters. The van der Waals surface area contributed by atoms with Crippen molar-refractivity contribution >= 4 is 17.3 Å². The number of aryl methyl sites for hydroxylation is 1. The fraction of sp³-hybridized carbons (Fsp3) is 0.417. The molecule has 0 saturated heterocycles. The first-order valence-electron chi connectivity index (χ1n) is 5.33. The Hall–Kier alpha value is -1.71. The molecular formula is C12H16N2O2. The van der Waals surface area contributed by atoms with Gasteiger partial charge in [0.1, 0.15) is 0 Å². The van der Waals surface area contributed by atoms with E-state index in [9.17, 15) is 4.79 Å². The highest BCUT2D eigenvalue weighted by atomic mass is 16.4. The highest BCUT2D eigenvalue weighted by Crippen LogP contribution is 2.38. The van der Waals surface area contributed by atoms with E-state index in [0.717, 1.165) is 24.1 Å². The standard InChI is InChI=1S/C12H16N2O2/c1-7-5-8(14-12(2)3-4-12)6-9(10(7)13)11(15)16/h5-6,14H,3-4,13H2,1-2H3,(H,15,16). The number of hydrogen-bond donors (Lipinski definition) is 3. The molecule has 0 heterocycles. The van der Waals surface area contributed by atoms with Crippen molar-refractivity contribution in [2.45, 2.75) is 32.2 Å². The summed E-state index contributed by atoms with van der Waals surface area (Å²) in [4.78, 5) is 11.0. The Morgan fingerprint density at radius 2 is 2.12 bits per heavy atom. The molecule has 0 spiro atoms. The molecular weight excluding hydrogens is 204 g/mol. The summed E-state index contributed by atoms with van der Waals surface area (Å²) in [5.74, 6) is -0.981. The first-order valence-corrected chi connectivity index (χ1v) is 5.33. The van der Waals surface area contributed by atoms with Crippen molar-refractivity contribution in [1.82, 2.24) is 0 Å². The zero-order valence-corrected chi connectivity index (χ0v) is 9.50. The van der Waals surface area contributed by atoms with E-state index in [0.29, 0.717) is 5.69 Å². The molecule has 1 aromatic rings. The molecule has 4 nitrogen and oxygen atoms in total. The third-order valence-corrected chi connectivity index (χ3v) is 3.06. The Morgan fingerprint density at radius 3 is 2.62 bits per heavy atom. The maximum absolute atomic E-state index is 11.0. The minimum Gasteiger partial charge on any atom is -0.478 e. The minimum absolute atomic E-state index is 0.137. The van der Waals surface area contributed by atoms with Gasteiger partial charge in [-0.25, -0.2) is 4.79 Å². The van der Waals surface area contributed by atoms with E-state index in [1.807, 2.05) is 13.0 Å². The minimum atomic E-state index is -0.981. The fourth-order valence-corrected chi connectivity index (χ4v) is 1.71. The van der Waals surface area contributed by atoms with Gasteiger partial charge in [-0.1, -0.05) is 0 Å². The smallest absolute Gasteiger partial charge is 0.337 e. The van der Waals surface area contributed by atoms with Crippen LogP contribution in [-0.2, 0) is 0 Å². The highest BCUT2D eigenvalue weighted by molar-refractivity contribution is 5.95. The summed E-state index contributed by atoms with van der Waals surface area (Å²) in [5, 5.41) is 12.4. The molecule has 1 aliphatic carbocycles. The summed E-state index contributed by atoms with van der Waals surface area (Å²) >= 11 is 0. The van der Waals surface area contributed by atoms with Gasteiger partial charge in [-0.05, 0) is 44.4 Å². The average molecular weight is 220 g/mol. The van der Waals surface area contributed by atoms with Crippen LogP contribution in [0, 0.1) is 6.92 Å². The van der Waals surface area contributed by atoms with E-state index in [4.69, 9.17) is 10.8 Å². The van der Waals surface area contributed by atoms with E-state index in [-0.39, 0.29) is 11.1 Å². The van der Waals surface area contributed by atoms with E-state index < -0.39 is 5.97 Å². The number of nitrogens with two attached hydrogens (primary N) is 1. The first kappa shape index (κ1) is 10.8. The van der Waals surface area contributed by atoms with Crippen LogP contribution in [0.5, 0.6) is 0 Å². The Morgan fingerprint density at radius 1 is 1.50 bits per heavy atom. The number of aromatic carboxylic acids is 1. The molecule has 4 heteroatoms. The largest absolute Gasteiger partial charge is 0.478 e. The second kappa shape index (κ2) is 3.40. The Bertz CT molecular complexity index is 451. The molecule has 0 unspecified atom stereocenters. The van der Waals surface area contributed by atoms with Gasteiger partial charge in [0.05, 0.1) is 5.56 Å². The van der Waals surface area contributed by atoms with Crippen molar-refractivity contribution in [2.24, 2.45) is 0 Å². The predicted molar refractivity (Wildman–Crippen MR) is 63.8 cm³/mol. The third kappa shape index (κ3) is 1.96. The number of nitrogen functional groups attached to an aromatic ring is 1. The van der Waals surface area contributed by atoms with E-state index in [1.165, 1.54) is 0 Å². The lowest BCUT2D eigenvalue weighted by molar-refractivity contribution is 0.0698. The number of rotatable bonds is 3. The maximum atomic E-state index is 11.0. The molecule has 1 aromatic carbocycles. The van der Waals surface area contributed by atoms with Crippen LogP contribution in [0.3, 0.4) is 0 Å². The van der Waals surface area contributed by atoms with Crippen LogP contribution in [0.1, 0.15) is 35.7 Å². The van der Waals surface area contributed by atoms with Crippen LogP contribution < -0.4 is 11.1 Å². The van der Waals surface area contributed by atoms with Crippen LogP contribution in [0.25, 0.3) is 0 Å². The predicted octanol–water partition coefficient (Wildman–Crippen LogP) is 2.24. The number of carbonyl (C=O) groups is 1. The van der Waals surface area contributed by atoms with Gasteiger partial charge in [-0.15, -0.1) is 0 Å². The summed E-state index contributed by atoms with van der Waals surface area (Å²) in [7, 11) is 0. The number of carboxylic acid groups (broad SMARTS) is 1. The Balaban J connectivity index is 2.36. The van der Waals surface area contributed by atoms with Gasteiger partial charge in [-0.2, -0.15) is 0 Å². The van der Waals surface area contributed by atoms with E-state index >= 15 is 0 Å². The fourth-order valence-electron chi connectivity index (χ4n) is 1.71. The SMILES string of the molecule is Cc1cc(NC2(C)CC2)cc(C(=O)O)c1N. The molecule has 0 bridgehead atoms. The van der Waals surface area contributed by atoms with Crippen LogP contribution in [-0.4, -0.2) is 16.6 Å². The molecule has 1 fully saturated rings. The summed E-state index contributed by atoms with van der Waals surface area (Å²) in [5.41, 5.74) is 8.01. The van der Waals surface area contributed by atoms with Crippen LogP contribution in [0.4, 0.5) is 11.4 Å². The number of anilines is 2. The Kier molecular flexibility index (Phi) is 2.30. The lowest BCUT2D eigenvalue weighted by Crippen LogP contribution is -2.17. The monoisotopic (exact) mass is 220 g/mol. The second-order valence-electron chi connectivity index (χ2n) is 4.75. The number of benzene rings is 1. The van der Waals surface area contributed by atoms with Crippen molar-refractivity contribution in [3.05, 3.63) is 23.3 Å². The Labute approximate surface area is 94.5 Å². The molecule has 1 saturated carbocycles. The quantitative estimate of drug-likeness (QED) is 0.683. The highest BCUT2D eigenvalue weighted by Gasteiger charge is 2.37. The topological polar surface area (TPSA) is 75.3 Å². The molecule has 0 radical (unpaired) electrons. The maximum Gasteiger partial charge on any atom is 0.337 e. The molecule has 0 amide bonds. The summed E-state index contributed by atoms with van der Waals surface area (Å²) < 4.78 is 0. The molecule has 2 rings (SSSR count). The van der Waals surface area contributed by atoms with E-state index in [1.54, 1.807) is 6.07 Å². The zero-order valence-electron chi connectivity index (χ0n) is 9.50. The van der Waals surface area contributed by atoms with Crippen molar-refractivity contribution in [3.63, 3.8) is 0 Å². The van der Waals surface area contributed by atoms with Gasteiger partial charge < -0.3 is 16.2 Å². The van der Waals surface area contributed by atoms with Crippen molar-refractivity contribution in [2.75, 3.05) is 11.1 Å². The second-order valence-corrected chi connectivity index (χ2v) is 4.75. The summed E-state index contributed by atoms with van der Waals surface area (Å²) in [6.07, 6.45) is 2.25. The molecule has 0 aliphatic heterocycles. The van der Waals surface area contributed by atoms with Gasteiger partial charge >= 0.3 is 5.97 Å². The molecule has 1 aliphatic rings. The van der Waals surface area contributed by atoms with Gasteiger partial charge in [0, 0.05) is 16.9 Å². The molecule has 86 valence electrons.